The summed E-state index contributed by atoms with van der Waals surface area (Å²) in [5, 5.41) is 3.36. The lowest BCUT2D eigenvalue weighted by Gasteiger charge is -2.06. The number of hydrogen-bond acceptors (Lipinski definition) is 4. The Morgan fingerprint density at radius 2 is 2.33 bits per heavy atom. The maximum Gasteiger partial charge on any atom is 0.182 e. The number of H-pyrrole nitrogens is 1. The number of aromatic nitrogens is 4. The van der Waals surface area contributed by atoms with Gasteiger partial charge in [-0.3, -0.25) is 0 Å². The molecule has 0 radical (unpaired) electrons. The van der Waals surface area contributed by atoms with Crippen molar-refractivity contribution < 1.29 is 0 Å². The second-order valence-corrected chi connectivity index (χ2v) is 4.06. The van der Waals surface area contributed by atoms with Crippen LogP contribution in [0.15, 0.2) is 12.7 Å². The summed E-state index contributed by atoms with van der Waals surface area (Å²) in [6, 6.07) is 0. The van der Waals surface area contributed by atoms with E-state index in [1.54, 1.807) is 6.33 Å². The van der Waals surface area contributed by atoms with Crippen molar-refractivity contribution in [1.29, 1.82) is 0 Å². The number of imidazole rings is 1. The van der Waals surface area contributed by atoms with E-state index in [1.807, 2.05) is 6.92 Å². The quantitative estimate of drug-likeness (QED) is 0.779. The van der Waals surface area contributed by atoms with Gasteiger partial charge in [-0.2, -0.15) is 0 Å². The standard InChI is InChI=1S/C9H12ClN5/c1-6(10)2-3-11-8-7-9(13-4-12-7)15-5-14-8/h4-6H,2-3H2,1H3,(H2,11,12,13,14,15). The van der Waals surface area contributed by atoms with Gasteiger partial charge in [0.05, 0.1) is 6.33 Å². The van der Waals surface area contributed by atoms with Crippen LogP contribution in [0.2, 0.25) is 0 Å². The Bertz CT molecular complexity index is 439. The molecule has 2 aromatic heterocycles. The fraction of sp³-hybridized carbons (Fsp3) is 0.444. The van der Waals surface area contributed by atoms with Crippen LogP contribution in [0, 0.1) is 0 Å². The van der Waals surface area contributed by atoms with Gasteiger partial charge in [0.25, 0.3) is 0 Å². The molecule has 1 unspecified atom stereocenters. The monoisotopic (exact) mass is 225 g/mol. The Morgan fingerprint density at radius 3 is 3.13 bits per heavy atom. The number of alkyl halides is 1. The molecule has 5 nitrogen and oxygen atoms in total. The van der Waals surface area contributed by atoms with Gasteiger partial charge in [-0.1, -0.05) is 0 Å². The summed E-state index contributed by atoms with van der Waals surface area (Å²) in [6.45, 7) is 2.75. The number of nitrogens with zero attached hydrogens (tertiary/aromatic N) is 3. The van der Waals surface area contributed by atoms with Gasteiger partial charge in [0, 0.05) is 11.9 Å². The van der Waals surface area contributed by atoms with Gasteiger partial charge < -0.3 is 10.3 Å². The third kappa shape index (κ3) is 2.36. The van der Waals surface area contributed by atoms with Crippen LogP contribution < -0.4 is 5.32 Å². The van der Waals surface area contributed by atoms with Gasteiger partial charge in [0.15, 0.2) is 11.5 Å². The number of aromatic amines is 1. The fourth-order valence-electron chi connectivity index (χ4n) is 1.29. The summed E-state index contributed by atoms with van der Waals surface area (Å²) in [6.07, 6.45) is 3.99. The van der Waals surface area contributed by atoms with Crippen molar-refractivity contribution in [2.45, 2.75) is 18.7 Å². The molecule has 0 saturated heterocycles. The minimum Gasteiger partial charge on any atom is -0.368 e. The highest BCUT2D eigenvalue weighted by Crippen LogP contribution is 2.14. The van der Waals surface area contributed by atoms with E-state index < -0.39 is 0 Å². The molecule has 0 aliphatic heterocycles. The van der Waals surface area contributed by atoms with Crippen LogP contribution in [0.3, 0.4) is 0 Å². The van der Waals surface area contributed by atoms with E-state index in [2.05, 4.69) is 25.3 Å². The lowest BCUT2D eigenvalue weighted by Crippen LogP contribution is -2.08. The molecule has 2 N–H and O–H groups in total. The Labute approximate surface area is 92.3 Å². The maximum atomic E-state index is 5.85. The molecule has 80 valence electrons. The van der Waals surface area contributed by atoms with Crippen molar-refractivity contribution in [3.63, 3.8) is 0 Å². The fourth-order valence-corrected chi connectivity index (χ4v) is 1.40. The molecule has 0 fully saturated rings. The van der Waals surface area contributed by atoms with Gasteiger partial charge >= 0.3 is 0 Å². The van der Waals surface area contributed by atoms with Crippen LogP contribution in [-0.2, 0) is 0 Å². The summed E-state index contributed by atoms with van der Waals surface area (Å²) in [4.78, 5) is 15.2. The molecule has 0 aliphatic rings. The van der Waals surface area contributed by atoms with Crippen LogP contribution in [0.5, 0.6) is 0 Å². The molecular weight excluding hydrogens is 214 g/mol. The second-order valence-electron chi connectivity index (χ2n) is 3.32. The van der Waals surface area contributed by atoms with Crippen LogP contribution >= 0.6 is 11.6 Å². The number of fused-ring (bicyclic) bond motifs is 1. The van der Waals surface area contributed by atoms with Crippen molar-refractivity contribution in [2.24, 2.45) is 0 Å². The molecule has 1 atom stereocenters. The van der Waals surface area contributed by atoms with Crippen LogP contribution in [-0.4, -0.2) is 31.9 Å². The maximum absolute atomic E-state index is 5.85. The first kappa shape index (κ1) is 10.2. The number of halogens is 1. The molecule has 0 bridgehead atoms. The molecule has 0 saturated carbocycles. The Morgan fingerprint density at radius 1 is 1.47 bits per heavy atom. The Kier molecular flexibility index (Phi) is 3.01. The molecule has 0 aliphatic carbocycles. The van der Waals surface area contributed by atoms with Gasteiger partial charge in [-0.05, 0) is 13.3 Å². The van der Waals surface area contributed by atoms with Crippen LogP contribution in [0.4, 0.5) is 5.82 Å². The summed E-state index contributed by atoms with van der Waals surface area (Å²) in [5.74, 6) is 0.773. The van der Waals surface area contributed by atoms with E-state index in [4.69, 9.17) is 11.6 Å². The smallest absolute Gasteiger partial charge is 0.182 e. The zero-order valence-electron chi connectivity index (χ0n) is 8.37. The predicted octanol–water partition coefficient (Wildman–Crippen LogP) is 1.78. The molecule has 15 heavy (non-hydrogen) atoms. The average molecular weight is 226 g/mol. The lowest BCUT2D eigenvalue weighted by molar-refractivity contribution is 0.839. The van der Waals surface area contributed by atoms with E-state index in [9.17, 15) is 0 Å². The molecule has 2 aromatic rings. The molecule has 6 heteroatoms. The summed E-state index contributed by atoms with van der Waals surface area (Å²) < 4.78 is 0. The molecular formula is C9H12ClN5. The number of rotatable bonds is 4. The zero-order valence-corrected chi connectivity index (χ0v) is 9.12. The molecule has 2 rings (SSSR count). The first-order chi connectivity index (χ1) is 7.27. The third-order valence-electron chi connectivity index (χ3n) is 2.06. The number of anilines is 1. The minimum absolute atomic E-state index is 0.164. The van der Waals surface area contributed by atoms with Crippen molar-refractivity contribution in [3.8, 4) is 0 Å². The normalized spacial score (nSPS) is 12.9. The lowest BCUT2D eigenvalue weighted by atomic mass is 10.3. The van der Waals surface area contributed by atoms with Gasteiger partial charge in [0.1, 0.15) is 11.8 Å². The van der Waals surface area contributed by atoms with Crippen molar-refractivity contribution >= 4 is 28.6 Å². The second kappa shape index (κ2) is 4.44. The first-order valence-electron chi connectivity index (χ1n) is 4.79. The van der Waals surface area contributed by atoms with Crippen molar-refractivity contribution in [3.05, 3.63) is 12.7 Å². The van der Waals surface area contributed by atoms with E-state index in [1.165, 1.54) is 6.33 Å². The van der Waals surface area contributed by atoms with E-state index >= 15 is 0 Å². The van der Waals surface area contributed by atoms with E-state index in [0.717, 1.165) is 24.3 Å². The highest BCUT2D eigenvalue weighted by atomic mass is 35.5. The minimum atomic E-state index is 0.164. The first-order valence-corrected chi connectivity index (χ1v) is 5.23. The Hall–Kier alpha value is -1.36. The van der Waals surface area contributed by atoms with Crippen molar-refractivity contribution in [1.82, 2.24) is 19.9 Å². The molecule has 0 amide bonds. The largest absolute Gasteiger partial charge is 0.368 e. The third-order valence-corrected chi connectivity index (χ3v) is 2.28. The van der Waals surface area contributed by atoms with Gasteiger partial charge in [0.2, 0.25) is 0 Å². The highest BCUT2D eigenvalue weighted by molar-refractivity contribution is 6.20. The number of hydrogen-bond donors (Lipinski definition) is 2. The van der Waals surface area contributed by atoms with E-state index in [0.29, 0.717) is 5.65 Å². The summed E-state index contributed by atoms with van der Waals surface area (Å²) in [5.41, 5.74) is 1.51. The molecule has 0 spiro atoms. The highest BCUT2D eigenvalue weighted by Gasteiger charge is 2.04. The average Bonchev–Trinajstić information content (AvgIpc) is 2.65. The topological polar surface area (TPSA) is 66.5 Å². The summed E-state index contributed by atoms with van der Waals surface area (Å²) in [7, 11) is 0. The van der Waals surface area contributed by atoms with Crippen LogP contribution in [0.25, 0.3) is 11.2 Å². The van der Waals surface area contributed by atoms with Crippen LogP contribution in [0.1, 0.15) is 13.3 Å². The Balaban J connectivity index is 2.10. The zero-order chi connectivity index (χ0) is 10.7. The SMILES string of the molecule is CC(Cl)CCNc1ncnc2nc[nH]c12. The van der Waals surface area contributed by atoms with Gasteiger partial charge in [-0.15, -0.1) is 11.6 Å². The predicted molar refractivity (Wildman–Crippen MR) is 60.1 cm³/mol. The van der Waals surface area contributed by atoms with Crippen molar-refractivity contribution in [2.75, 3.05) is 11.9 Å². The molecule has 2 heterocycles. The number of nitrogens with one attached hydrogen (secondary N) is 2. The summed E-state index contributed by atoms with van der Waals surface area (Å²) >= 11 is 5.85. The van der Waals surface area contributed by atoms with E-state index in [-0.39, 0.29) is 5.38 Å². The van der Waals surface area contributed by atoms with Gasteiger partial charge in [-0.25, -0.2) is 15.0 Å². The molecule has 0 aromatic carbocycles.